The molecule has 12 heteroatoms. The summed E-state index contributed by atoms with van der Waals surface area (Å²) in [5.74, 6) is -2.13. The number of amides is 3. The van der Waals surface area contributed by atoms with Crippen LogP contribution in [0.4, 0.5) is 13.2 Å². The highest BCUT2D eigenvalue weighted by Gasteiger charge is 2.41. The zero-order valence-electron chi connectivity index (χ0n) is 24.7. The summed E-state index contributed by atoms with van der Waals surface area (Å²) in [7, 11) is 0. The maximum atomic E-state index is 13.9. The minimum atomic E-state index is -4.55. The van der Waals surface area contributed by atoms with Crippen molar-refractivity contribution in [2.75, 3.05) is 5.88 Å². The van der Waals surface area contributed by atoms with E-state index in [1.165, 1.54) is 53.1 Å². The van der Waals surface area contributed by atoms with Crippen LogP contribution in [0.15, 0.2) is 85.5 Å². The highest BCUT2D eigenvalue weighted by molar-refractivity contribution is 7.99. The monoisotopic (exact) mass is 641 g/mol. The summed E-state index contributed by atoms with van der Waals surface area (Å²) in [6.07, 6.45) is -5.00. The van der Waals surface area contributed by atoms with Gasteiger partial charge >= 0.3 is 6.18 Å². The summed E-state index contributed by atoms with van der Waals surface area (Å²) in [4.78, 5) is 43.5. The van der Waals surface area contributed by atoms with Crippen LogP contribution in [0.3, 0.4) is 0 Å². The number of alkyl halides is 3. The Bertz CT molecular complexity index is 1550. The number of carbonyl (C=O) groups excluding carboxylic acids is 3. The Kier molecular flexibility index (Phi) is 10.6. The first-order chi connectivity index (χ1) is 21.3. The van der Waals surface area contributed by atoms with E-state index < -0.39 is 53.0 Å². The number of nitrogens with zero attached hydrogens (tertiary/aromatic N) is 2. The number of thioether (sulfide) groups is 1. The molecule has 3 N–H and O–H groups in total. The van der Waals surface area contributed by atoms with E-state index in [0.717, 1.165) is 22.6 Å². The van der Waals surface area contributed by atoms with Crippen LogP contribution in [-0.2, 0) is 28.7 Å². The molecule has 0 aliphatic carbocycles. The van der Waals surface area contributed by atoms with Crippen LogP contribution < -0.4 is 5.32 Å². The molecule has 1 heterocycles. The maximum Gasteiger partial charge on any atom is 0.416 e. The first-order valence-electron chi connectivity index (χ1n) is 14.1. The Morgan fingerprint density at radius 1 is 1.09 bits per heavy atom. The molecule has 1 saturated heterocycles. The van der Waals surface area contributed by atoms with Crippen molar-refractivity contribution >= 4 is 29.5 Å². The van der Waals surface area contributed by atoms with Gasteiger partial charge < -0.3 is 25.3 Å². The number of phenols is 1. The van der Waals surface area contributed by atoms with Crippen LogP contribution in [0.25, 0.3) is 0 Å². The summed E-state index contributed by atoms with van der Waals surface area (Å²) >= 11 is 1.20. The van der Waals surface area contributed by atoms with Crippen molar-refractivity contribution in [3.63, 3.8) is 0 Å². The van der Waals surface area contributed by atoms with E-state index in [2.05, 4.69) is 11.9 Å². The van der Waals surface area contributed by atoms with Gasteiger partial charge in [0, 0.05) is 17.7 Å². The standard InChI is InChI=1S/C33H34F3N3O5S/c1-4-27-31(43)38(18-23-12-8-13-24(16-23)33(34,35)36)21(3)45-19-39(27)32(44)29(41)26(17-22-10-6-5-7-11-22)37-30(42)25-14-9-15-28(40)20(25)2/h4-16,21,26-27,29,40-41H,1,17-19H2,2-3H3,(H,37,42)/t21?,26-,27-,29-/m0/s1. The SMILES string of the molecule is C=C[C@H]1C(=O)N(Cc2cccc(C(F)(F)F)c2)C(C)SCN1C(=O)[C@@H](O)[C@H](Cc1ccccc1)NC(=O)c1cccc(O)c1C. The molecule has 4 atom stereocenters. The third kappa shape index (κ3) is 7.87. The maximum absolute atomic E-state index is 13.9. The number of nitrogens with one attached hydrogen (secondary N) is 1. The molecule has 1 aliphatic heterocycles. The van der Waals surface area contributed by atoms with Gasteiger partial charge in [-0.2, -0.15) is 13.2 Å². The number of hydrogen-bond donors (Lipinski definition) is 3. The van der Waals surface area contributed by atoms with Gasteiger partial charge in [0.2, 0.25) is 0 Å². The molecule has 1 fully saturated rings. The zero-order valence-corrected chi connectivity index (χ0v) is 25.5. The van der Waals surface area contributed by atoms with Gasteiger partial charge in [0.05, 0.1) is 22.9 Å². The fourth-order valence-electron chi connectivity index (χ4n) is 5.09. The average molecular weight is 642 g/mol. The molecular weight excluding hydrogens is 607 g/mol. The van der Waals surface area contributed by atoms with E-state index >= 15 is 0 Å². The number of halogens is 3. The van der Waals surface area contributed by atoms with E-state index in [1.54, 1.807) is 44.2 Å². The van der Waals surface area contributed by atoms with Crippen LogP contribution in [0.1, 0.15) is 39.5 Å². The van der Waals surface area contributed by atoms with Gasteiger partial charge in [-0.15, -0.1) is 18.3 Å². The number of aliphatic hydroxyl groups is 1. The third-order valence-corrected chi connectivity index (χ3v) is 8.84. The highest BCUT2D eigenvalue weighted by Crippen LogP contribution is 2.32. The van der Waals surface area contributed by atoms with Gasteiger partial charge in [0.15, 0.2) is 6.10 Å². The fourth-order valence-corrected chi connectivity index (χ4v) is 6.11. The van der Waals surface area contributed by atoms with Crippen molar-refractivity contribution in [3.05, 3.63) is 113 Å². The lowest BCUT2D eigenvalue weighted by Gasteiger charge is -2.32. The van der Waals surface area contributed by atoms with Gasteiger partial charge in [-0.25, -0.2) is 0 Å². The molecule has 0 saturated carbocycles. The topological polar surface area (TPSA) is 110 Å². The Labute approximate surface area is 263 Å². The minimum absolute atomic E-state index is 0.0315. The average Bonchev–Trinajstić information content (AvgIpc) is 3.13. The van der Waals surface area contributed by atoms with E-state index in [0.29, 0.717) is 5.56 Å². The fraction of sp³-hybridized carbons (Fsp3) is 0.303. The first kappa shape index (κ1) is 33.6. The van der Waals surface area contributed by atoms with Gasteiger partial charge in [-0.05, 0) is 55.7 Å². The molecule has 0 spiro atoms. The Morgan fingerprint density at radius 2 is 1.76 bits per heavy atom. The summed E-state index contributed by atoms with van der Waals surface area (Å²) in [6.45, 7) is 6.86. The van der Waals surface area contributed by atoms with Gasteiger partial charge in [0.1, 0.15) is 11.8 Å². The van der Waals surface area contributed by atoms with E-state index in [1.807, 2.05) is 0 Å². The second-order valence-electron chi connectivity index (χ2n) is 10.7. The van der Waals surface area contributed by atoms with Gasteiger partial charge in [-0.1, -0.05) is 54.6 Å². The van der Waals surface area contributed by atoms with Crippen LogP contribution in [0.2, 0.25) is 0 Å². The normalized spacial score (nSPS) is 18.6. The molecule has 45 heavy (non-hydrogen) atoms. The Morgan fingerprint density at radius 3 is 2.42 bits per heavy atom. The second kappa shape index (κ2) is 14.2. The number of rotatable bonds is 9. The van der Waals surface area contributed by atoms with Crippen molar-refractivity contribution in [2.45, 2.75) is 56.6 Å². The number of carbonyl (C=O) groups is 3. The van der Waals surface area contributed by atoms with E-state index in [4.69, 9.17) is 0 Å². The number of aromatic hydroxyl groups is 1. The molecule has 8 nitrogen and oxygen atoms in total. The lowest BCUT2D eigenvalue weighted by atomic mass is 9.98. The second-order valence-corrected chi connectivity index (χ2v) is 12.0. The van der Waals surface area contributed by atoms with E-state index in [9.17, 15) is 37.8 Å². The number of benzene rings is 3. The minimum Gasteiger partial charge on any atom is -0.508 e. The molecule has 3 aromatic carbocycles. The lowest BCUT2D eigenvalue weighted by Crippen LogP contribution is -2.56. The van der Waals surface area contributed by atoms with Gasteiger partial charge in [0.25, 0.3) is 17.7 Å². The van der Waals surface area contributed by atoms with Crippen molar-refractivity contribution in [2.24, 2.45) is 0 Å². The summed E-state index contributed by atoms with van der Waals surface area (Å²) in [5.41, 5.74) is 0.641. The molecule has 0 bridgehead atoms. The smallest absolute Gasteiger partial charge is 0.416 e. The highest BCUT2D eigenvalue weighted by atomic mass is 32.2. The predicted octanol–water partition coefficient (Wildman–Crippen LogP) is 4.88. The van der Waals surface area contributed by atoms with Crippen molar-refractivity contribution in [3.8, 4) is 5.75 Å². The predicted molar refractivity (Wildman–Crippen MR) is 165 cm³/mol. The number of aliphatic hydroxyl groups excluding tert-OH is 1. The Balaban J connectivity index is 1.59. The summed E-state index contributed by atoms with van der Waals surface area (Å²) in [5, 5.41) is 23.7. The molecule has 238 valence electrons. The largest absolute Gasteiger partial charge is 0.508 e. The van der Waals surface area contributed by atoms with Gasteiger partial charge in [-0.3, -0.25) is 14.4 Å². The van der Waals surface area contributed by atoms with Crippen molar-refractivity contribution < 1.29 is 37.8 Å². The zero-order chi connectivity index (χ0) is 32.9. The molecule has 1 unspecified atom stereocenters. The van der Waals surface area contributed by atoms with Crippen LogP contribution in [-0.4, -0.2) is 67.2 Å². The summed E-state index contributed by atoms with van der Waals surface area (Å²) < 4.78 is 39.9. The summed E-state index contributed by atoms with van der Waals surface area (Å²) in [6, 6.07) is 15.7. The van der Waals surface area contributed by atoms with Crippen molar-refractivity contribution in [1.82, 2.24) is 15.1 Å². The van der Waals surface area contributed by atoms with Crippen LogP contribution in [0.5, 0.6) is 5.75 Å². The molecule has 3 aromatic rings. The molecule has 0 radical (unpaired) electrons. The Hall–Kier alpha value is -4.29. The lowest BCUT2D eigenvalue weighted by molar-refractivity contribution is -0.148. The van der Waals surface area contributed by atoms with E-state index in [-0.39, 0.29) is 35.7 Å². The molecule has 0 aromatic heterocycles. The first-order valence-corrected chi connectivity index (χ1v) is 15.2. The van der Waals surface area contributed by atoms with Crippen LogP contribution in [0, 0.1) is 6.92 Å². The van der Waals surface area contributed by atoms with Crippen molar-refractivity contribution in [1.29, 1.82) is 0 Å². The molecule has 1 aliphatic rings. The molecule has 3 amide bonds. The quantitative estimate of drug-likeness (QED) is 0.288. The van der Waals surface area contributed by atoms with Crippen LogP contribution >= 0.6 is 11.8 Å². The molecule has 4 rings (SSSR count). The number of hydrogen-bond acceptors (Lipinski definition) is 6. The number of phenolic OH excluding ortho intramolecular Hbond substituents is 1. The molecular formula is C33H34F3N3O5S. The third-order valence-electron chi connectivity index (χ3n) is 7.68.